The third-order valence-corrected chi connectivity index (χ3v) is 8.99. The number of hydrogen-bond donors (Lipinski definition) is 1. The standard InChI is InChI=1S/C23H20N2O3S2/c1-28-16-5-3-2-4-11(16)10-29-23-25-15-7-6-12(8-17(15)30-23)24-22(27)20-14-9-13-18(20)19(13)21(14)26/h2-8,13-14,18-20H,9-10H2,1H3,(H,24,27). The van der Waals surface area contributed by atoms with Crippen LogP contribution < -0.4 is 10.1 Å². The van der Waals surface area contributed by atoms with E-state index in [-0.39, 0.29) is 23.7 Å². The number of anilines is 1. The number of thioether (sulfide) groups is 1. The quantitative estimate of drug-likeness (QED) is 0.571. The number of nitrogens with zero attached hydrogens (tertiary/aromatic N) is 1. The van der Waals surface area contributed by atoms with Crippen molar-refractivity contribution in [2.45, 2.75) is 16.5 Å². The van der Waals surface area contributed by atoms with E-state index >= 15 is 0 Å². The molecule has 1 amide bonds. The van der Waals surface area contributed by atoms with Crippen LogP contribution in [0.4, 0.5) is 5.69 Å². The van der Waals surface area contributed by atoms with Crippen LogP contribution in [0.3, 0.4) is 0 Å². The average Bonchev–Trinajstić information content (AvgIpc) is 3.11. The van der Waals surface area contributed by atoms with Crippen LogP contribution in [0, 0.1) is 29.6 Å². The molecule has 0 aliphatic heterocycles. The van der Waals surface area contributed by atoms with Gasteiger partial charge < -0.3 is 10.1 Å². The molecule has 5 atom stereocenters. The average molecular weight is 437 g/mol. The Labute approximate surface area is 182 Å². The highest BCUT2D eigenvalue weighted by Gasteiger charge is 2.75. The lowest BCUT2D eigenvalue weighted by Crippen LogP contribution is -2.27. The second-order valence-electron chi connectivity index (χ2n) is 8.29. The third kappa shape index (κ3) is 2.79. The third-order valence-electron chi connectivity index (χ3n) is 6.78. The molecule has 3 aromatic rings. The van der Waals surface area contributed by atoms with E-state index in [2.05, 4.69) is 11.4 Å². The molecule has 30 heavy (non-hydrogen) atoms. The minimum absolute atomic E-state index is 0.00971. The number of aromatic nitrogens is 1. The molecule has 4 aliphatic rings. The molecule has 7 rings (SSSR count). The molecule has 2 aromatic carbocycles. The monoisotopic (exact) mass is 436 g/mol. The van der Waals surface area contributed by atoms with Gasteiger partial charge in [-0.1, -0.05) is 30.0 Å². The minimum Gasteiger partial charge on any atom is -0.496 e. The number of rotatable bonds is 6. The Morgan fingerprint density at radius 2 is 2.17 bits per heavy atom. The van der Waals surface area contributed by atoms with Crippen LogP contribution in [0.15, 0.2) is 46.8 Å². The molecule has 5 unspecified atom stereocenters. The molecular weight excluding hydrogens is 416 g/mol. The summed E-state index contributed by atoms with van der Waals surface area (Å²) in [5, 5.41) is 3.06. The zero-order valence-electron chi connectivity index (χ0n) is 16.3. The Hall–Kier alpha value is -2.38. The number of methoxy groups -OCH3 is 1. The number of carbonyl (C=O) groups excluding carboxylic acids is 2. The topological polar surface area (TPSA) is 68.3 Å². The van der Waals surface area contributed by atoms with Crippen molar-refractivity contribution in [1.82, 2.24) is 4.98 Å². The number of amides is 1. The summed E-state index contributed by atoms with van der Waals surface area (Å²) in [6.07, 6.45) is 0.924. The van der Waals surface area contributed by atoms with Gasteiger partial charge in [-0.15, -0.1) is 11.3 Å². The van der Waals surface area contributed by atoms with Crippen molar-refractivity contribution >= 4 is 50.7 Å². The molecular formula is C23H20N2O3S2. The highest BCUT2D eigenvalue weighted by Crippen LogP contribution is 2.71. The zero-order valence-corrected chi connectivity index (χ0v) is 18.0. The van der Waals surface area contributed by atoms with Crippen molar-refractivity contribution in [2.24, 2.45) is 29.6 Å². The first-order chi connectivity index (χ1) is 14.6. The smallest absolute Gasteiger partial charge is 0.228 e. The predicted molar refractivity (Wildman–Crippen MR) is 118 cm³/mol. The van der Waals surface area contributed by atoms with E-state index in [1.807, 2.05) is 36.4 Å². The molecule has 5 nitrogen and oxygen atoms in total. The van der Waals surface area contributed by atoms with Crippen molar-refractivity contribution in [2.75, 3.05) is 12.4 Å². The Morgan fingerprint density at radius 1 is 1.30 bits per heavy atom. The van der Waals surface area contributed by atoms with Crippen LogP contribution in [-0.2, 0) is 15.3 Å². The van der Waals surface area contributed by atoms with Gasteiger partial charge in [0.2, 0.25) is 5.91 Å². The van der Waals surface area contributed by atoms with Crippen molar-refractivity contribution in [1.29, 1.82) is 0 Å². The first-order valence-corrected chi connectivity index (χ1v) is 11.9. The van der Waals surface area contributed by atoms with E-state index in [4.69, 9.17) is 9.72 Å². The minimum atomic E-state index is -0.114. The maximum Gasteiger partial charge on any atom is 0.228 e. The molecule has 4 fully saturated rings. The molecule has 4 saturated carbocycles. The summed E-state index contributed by atoms with van der Waals surface area (Å²) in [6.45, 7) is 0. The van der Waals surface area contributed by atoms with Crippen LogP contribution in [0.25, 0.3) is 10.2 Å². The van der Waals surface area contributed by atoms with Crippen LogP contribution in [0.5, 0.6) is 5.75 Å². The number of ketones is 1. The summed E-state index contributed by atoms with van der Waals surface area (Å²) in [4.78, 5) is 29.7. The van der Waals surface area contributed by atoms with Gasteiger partial charge in [-0.3, -0.25) is 9.59 Å². The molecule has 0 saturated heterocycles. The van der Waals surface area contributed by atoms with Crippen molar-refractivity contribution in [3.05, 3.63) is 48.0 Å². The highest BCUT2D eigenvalue weighted by atomic mass is 32.2. The molecule has 1 N–H and O–H groups in total. The lowest BCUT2D eigenvalue weighted by molar-refractivity contribution is -0.126. The first kappa shape index (κ1) is 18.4. The molecule has 1 heterocycles. The first-order valence-electron chi connectivity index (χ1n) is 10.1. The van der Waals surface area contributed by atoms with Crippen LogP contribution in [-0.4, -0.2) is 23.8 Å². The van der Waals surface area contributed by atoms with Gasteiger partial charge in [-0.05, 0) is 42.5 Å². The normalized spacial score (nSPS) is 28.2. The number of fused-ring (bicyclic) bond motifs is 1. The summed E-state index contributed by atoms with van der Waals surface area (Å²) in [5.74, 6) is 2.86. The number of benzene rings is 2. The number of para-hydroxylation sites is 1. The van der Waals surface area contributed by atoms with Gasteiger partial charge in [-0.25, -0.2) is 4.98 Å². The van der Waals surface area contributed by atoms with Gasteiger partial charge in [0.15, 0.2) is 4.34 Å². The van der Waals surface area contributed by atoms with Gasteiger partial charge in [0, 0.05) is 28.8 Å². The van der Waals surface area contributed by atoms with Crippen molar-refractivity contribution in [3.8, 4) is 5.75 Å². The van der Waals surface area contributed by atoms with E-state index in [9.17, 15) is 9.59 Å². The van der Waals surface area contributed by atoms with Crippen LogP contribution in [0.2, 0.25) is 0 Å². The zero-order chi connectivity index (χ0) is 20.4. The number of ether oxygens (including phenoxy) is 1. The Kier molecular flexibility index (Phi) is 4.18. The SMILES string of the molecule is COc1ccccc1CSc1nc2ccc(NC(=O)C3C4CC5C(C4=O)C53)cc2s1. The van der Waals surface area contributed by atoms with E-state index in [1.165, 1.54) is 0 Å². The fourth-order valence-electron chi connectivity index (χ4n) is 5.43. The van der Waals surface area contributed by atoms with Crippen LogP contribution in [0.1, 0.15) is 12.0 Å². The second kappa shape index (κ2) is 6.82. The fraction of sp³-hybridized carbons (Fsp3) is 0.348. The van der Waals surface area contributed by atoms with Crippen LogP contribution >= 0.6 is 23.1 Å². The van der Waals surface area contributed by atoms with Gasteiger partial charge in [0.1, 0.15) is 11.5 Å². The van der Waals surface area contributed by atoms with E-state index in [0.717, 1.165) is 43.7 Å². The van der Waals surface area contributed by atoms with Gasteiger partial charge >= 0.3 is 0 Å². The number of thiazole rings is 1. The predicted octanol–water partition coefficient (Wildman–Crippen LogP) is 4.62. The molecule has 0 spiro atoms. The number of Topliss-reactive ketones (excluding diaryl/α,β-unsaturated/α-hetero) is 1. The second-order valence-corrected chi connectivity index (χ2v) is 10.5. The Balaban J connectivity index is 1.16. The maximum absolute atomic E-state index is 12.8. The van der Waals surface area contributed by atoms with E-state index in [1.54, 1.807) is 30.2 Å². The molecule has 152 valence electrons. The lowest BCUT2D eigenvalue weighted by atomic mass is 9.96. The summed E-state index contributed by atoms with van der Waals surface area (Å²) in [7, 11) is 1.69. The molecule has 1 aromatic heterocycles. The van der Waals surface area contributed by atoms with Gasteiger partial charge in [0.25, 0.3) is 0 Å². The molecule has 7 heteroatoms. The fourth-order valence-corrected chi connectivity index (χ4v) is 7.53. The summed E-state index contributed by atoms with van der Waals surface area (Å²) in [6, 6.07) is 13.9. The summed E-state index contributed by atoms with van der Waals surface area (Å²) in [5.41, 5.74) is 2.85. The number of nitrogens with one attached hydrogen (secondary N) is 1. The largest absolute Gasteiger partial charge is 0.496 e. The van der Waals surface area contributed by atoms with E-state index < -0.39 is 0 Å². The number of hydrogen-bond acceptors (Lipinski definition) is 6. The van der Waals surface area contributed by atoms with Gasteiger partial charge in [0.05, 0.1) is 23.2 Å². The number of carbonyl (C=O) groups is 2. The highest BCUT2D eigenvalue weighted by molar-refractivity contribution is 8.00. The molecule has 4 bridgehead atoms. The molecule has 4 aliphatic carbocycles. The maximum atomic E-state index is 12.8. The molecule has 0 radical (unpaired) electrons. The van der Waals surface area contributed by atoms with Crippen molar-refractivity contribution in [3.63, 3.8) is 0 Å². The summed E-state index contributed by atoms with van der Waals surface area (Å²) >= 11 is 3.31. The van der Waals surface area contributed by atoms with Crippen molar-refractivity contribution < 1.29 is 14.3 Å². The lowest BCUT2D eigenvalue weighted by Gasteiger charge is -2.13. The Bertz CT molecular complexity index is 1190. The summed E-state index contributed by atoms with van der Waals surface area (Å²) < 4.78 is 7.46. The van der Waals surface area contributed by atoms with Gasteiger partial charge in [-0.2, -0.15) is 0 Å². The van der Waals surface area contributed by atoms with E-state index in [0.29, 0.717) is 17.6 Å². The Morgan fingerprint density at radius 3 is 2.90 bits per heavy atom.